The van der Waals surface area contributed by atoms with E-state index in [1.165, 1.54) is 6.33 Å². The molecule has 0 unspecified atom stereocenters. The molecule has 0 saturated carbocycles. The second-order valence-corrected chi connectivity index (χ2v) is 5.41. The van der Waals surface area contributed by atoms with Crippen LogP contribution in [0.5, 0.6) is 0 Å². The monoisotopic (exact) mass is 325 g/mol. The van der Waals surface area contributed by atoms with Crippen molar-refractivity contribution in [3.05, 3.63) is 78.0 Å². The molecule has 7 nitrogen and oxygen atoms in total. The van der Waals surface area contributed by atoms with Crippen molar-refractivity contribution >= 4 is 11.6 Å². The van der Waals surface area contributed by atoms with Gasteiger partial charge < -0.3 is 9.90 Å². The molecular formula is C17H12LiN5O2. The first-order chi connectivity index (χ1) is 11.7. The zero-order chi connectivity index (χ0) is 16.5. The van der Waals surface area contributed by atoms with Gasteiger partial charge in [-0.2, -0.15) is 5.10 Å². The van der Waals surface area contributed by atoms with Crippen LogP contribution >= 0.6 is 0 Å². The Kier molecular flexibility index (Phi) is 4.70. The van der Waals surface area contributed by atoms with Gasteiger partial charge in [-0.3, -0.25) is 4.40 Å². The van der Waals surface area contributed by atoms with Crippen molar-refractivity contribution in [3.63, 3.8) is 0 Å². The first-order valence-electron chi connectivity index (χ1n) is 7.33. The van der Waals surface area contributed by atoms with Gasteiger partial charge in [0.1, 0.15) is 6.33 Å². The third-order valence-electron chi connectivity index (χ3n) is 3.78. The van der Waals surface area contributed by atoms with Crippen molar-refractivity contribution in [2.45, 2.75) is 6.42 Å². The number of hydrogen-bond acceptors (Lipinski definition) is 5. The molecule has 0 atom stereocenters. The Morgan fingerprint density at radius 3 is 2.64 bits per heavy atom. The first-order valence-corrected chi connectivity index (χ1v) is 7.33. The van der Waals surface area contributed by atoms with Gasteiger partial charge >= 0.3 is 18.9 Å². The third-order valence-corrected chi connectivity index (χ3v) is 3.78. The molecule has 0 fully saturated rings. The molecule has 3 aromatic heterocycles. The van der Waals surface area contributed by atoms with Crippen LogP contribution in [0.4, 0.5) is 0 Å². The van der Waals surface area contributed by atoms with Gasteiger partial charge in [-0.1, -0.05) is 12.1 Å². The van der Waals surface area contributed by atoms with Crippen LogP contribution in [0.2, 0.25) is 0 Å². The Bertz CT molecular complexity index is 1010. The number of carboxylic acids is 1. The van der Waals surface area contributed by atoms with Crippen molar-refractivity contribution in [1.82, 2.24) is 24.4 Å². The maximum atomic E-state index is 11.3. The molecule has 0 saturated heterocycles. The summed E-state index contributed by atoms with van der Waals surface area (Å²) in [6.45, 7) is 0. The number of pyridine rings is 1. The molecule has 0 N–H and O–H groups in total. The molecule has 0 aliphatic heterocycles. The van der Waals surface area contributed by atoms with Crippen molar-refractivity contribution in [1.29, 1.82) is 0 Å². The fourth-order valence-corrected chi connectivity index (χ4v) is 2.67. The number of fused-ring (bicyclic) bond motifs is 1. The van der Waals surface area contributed by atoms with Gasteiger partial charge in [0.25, 0.3) is 0 Å². The van der Waals surface area contributed by atoms with E-state index in [4.69, 9.17) is 0 Å². The minimum absolute atomic E-state index is 0. The van der Waals surface area contributed by atoms with Crippen LogP contribution in [0, 0.1) is 0 Å². The van der Waals surface area contributed by atoms with Gasteiger partial charge in [0.2, 0.25) is 0 Å². The normalized spacial score (nSPS) is 10.6. The SMILES string of the molecule is O=C([O-])c1cc(Cc2ccc(-n3cccn3)cc2)cn2cnnc12.[Li+]. The number of nitrogens with zero attached hydrogens (tertiary/aromatic N) is 5. The smallest absolute Gasteiger partial charge is 0.545 e. The van der Waals surface area contributed by atoms with Crippen molar-refractivity contribution in [2.24, 2.45) is 0 Å². The van der Waals surface area contributed by atoms with E-state index in [-0.39, 0.29) is 30.1 Å². The summed E-state index contributed by atoms with van der Waals surface area (Å²) >= 11 is 0. The summed E-state index contributed by atoms with van der Waals surface area (Å²) < 4.78 is 3.37. The van der Waals surface area contributed by atoms with Crippen LogP contribution in [-0.2, 0) is 6.42 Å². The quantitative estimate of drug-likeness (QED) is 0.400. The summed E-state index contributed by atoms with van der Waals surface area (Å²) in [7, 11) is 0. The molecule has 1 aromatic carbocycles. The molecule has 4 rings (SSSR count). The van der Waals surface area contributed by atoms with E-state index in [2.05, 4.69) is 15.3 Å². The van der Waals surface area contributed by atoms with E-state index in [1.54, 1.807) is 21.3 Å². The summed E-state index contributed by atoms with van der Waals surface area (Å²) in [6, 6.07) is 11.4. The third kappa shape index (κ3) is 3.33. The molecule has 0 radical (unpaired) electrons. The topological polar surface area (TPSA) is 88.1 Å². The molecule has 25 heavy (non-hydrogen) atoms. The van der Waals surface area contributed by atoms with Crippen LogP contribution in [0.3, 0.4) is 0 Å². The Morgan fingerprint density at radius 1 is 1.16 bits per heavy atom. The number of rotatable bonds is 4. The molecule has 3 heterocycles. The molecular weight excluding hydrogens is 313 g/mol. The van der Waals surface area contributed by atoms with Crippen LogP contribution in [-0.4, -0.2) is 30.3 Å². The van der Waals surface area contributed by atoms with E-state index in [1.807, 2.05) is 42.7 Å². The molecule has 8 heteroatoms. The fraction of sp³-hybridized carbons (Fsp3) is 0.0588. The second kappa shape index (κ2) is 6.93. The van der Waals surface area contributed by atoms with Crippen LogP contribution < -0.4 is 24.0 Å². The fourth-order valence-electron chi connectivity index (χ4n) is 2.67. The summed E-state index contributed by atoms with van der Waals surface area (Å²) in [6.07, 6.45) is 7.49. The first kappa shape index (κ1) is 17.0. The standard InChI is InChI=1S/C17H13N5O2.Li/c23-17(24)15-9-13(10-21-11-18-20-16(15)21)8-12-2-4-14(5-3-12)22-7-1-6-19-22;/h1-7,9-11H,8H2,(H,23,24);/q;+1/p-1. The Balaban J connectivity index is 0.00000182. The summed E-state index contributed by atoms with van der Waals surface area (Å²) in [4.78, 5) is 11.3. The van der Waals surface area contributed by atoms with E-state index < -0.39 is 5.97 Å². The summed E-state index contributed by atoms with van der Waals surface area (Å²) in [5.41, 5.74) is 3.19. The molecule has 0 aliphatic rings. The number of aromatic carboxylic acids is 1. The zero-order valence-corrected chi connectivity index (χ0v) is 13.5. The summed E-state index contributed by atoms with van der Waals surface area (Å²) in [5, 5.41) is 23.0. The van der Waals surface area contributed by atoms with Gasteiger partial charge in [-0.05, 0) is 41.8 Å². The minimum atomic E-state index is -1.26. The number of carbonyl (C=O) groups excluding carboxylic acids is 1. The predicted octanol–water partition coefficient (Wildman–Crippen LogP) is -2.13. The molecule has 0 aliphatic carbocycles. The van der Waals surface area contributed by atoms with E-state index in [0.717, 1.165) is 16.8 Å². The Labute approximate surface area is 155 Å². The number of aromatic nitrogens is 5. The average Bonchev–Trinajstić information content (AvgIpc) is 3.26. The van der Waals surface area contributed by atoms with Crippen LogP contribution in [0.25, 0.3) is 11.3 Å². The van der Waals surface area contributed by atoms with Gasteiger partial charge in [0.05, 0.1) is 11.7 Å². The average molecular weight is 325 g/mol. The van der Waals surface area contributed by atoms with Gasteiger partial charge in [0, 0.05) is 24.2 Å². The van der Waals surface area contributed by atoms with E-state index in [0.29, 0.717) is 6.42 Å². The number of benzene rings is 1. The molecule has 0 spiro atoms. The molecule has 0 bridgehead atoms. The van der Waals surface area contributed by atoms with Gasteiger partial charge in [-0.25, -0.2) is 4.68 Å². The zero-order valence-electron chi connectivity index (χ0n) is 13.5. The maximum Gasteiger partial charge on any atom is 1.00 e. The van der Waals surface area contributed by atoms with E-state index >= 15 is 0 Å². The van der Waals surface area contributed by atoms with Gasteiger partial charge in [0.15, 0.2) is 5.65 Å². The van der Waals surface area contributed by atoms with E-state index in [9.17, 15) is 9.90 Å². The summed E-state index contributed by atoms with van der Waals surface area (Å²) in [5.74, 6) is -1.26. The van der Waals surface area contributed by atoms with Crippen molar-refractivity contribution < 1.29 is 28.8 Å². The van der Waals surface area contributed by atoms with Crippen LogP contribution in [0.15, 0.2) is 61.3 Å². The Hall–Kier alpha value is -2.88. The molecule has 118 valence electrons. The van der Waals surface area contributed by atoms with Gasteiger partial charge in [-0.15, -0.1) is 10.2 Å². The molecule has 4 aromatic rings. The maximum absolute atomic E-state index is 11.3. The largest absolute Gasteiger partial charge is 1.00 e. The predicted molar refractivity (Wildman–Crippen MR) is 83.7 cm³/mol. The van der Waals surface area contributed by atoms with Crippen molar-refractivity contribution in [3.8, 4) is 5.69 Å². The van der Waals surface area contributed by atoms with Crippen LogP contribution in [0.1, 0.15) is 21.5 Å². The number of hydrogen-bond donors (Lipinski definition) is 0. The number of carbonyl (C=O) groups is 1. The number of carboxylic acid groups (broad SMARTS) is 1. The second-order valence-electron chi connectivity index (χ2n) is 5.41. The van der Waals surface area contributed by atoms with Crippen molar-refractivity contribution in [2.75, 3.05) is 0 Å². The Morgan fingerprint density at radius 2 is 1.96 bits per heavy atom. The minimum Gasteiger partial charge on any atom is -0.545 e. The molecule has 0 amide bonds.